The third-order valence-electron chi connectivity index (χ3n) is 4.59. The van der Waals surface area contributed by atoms with Crippen molar-refractivity contribution in [3.8, 4) is 11.3 Å². The first kappa shape index (κ1) is 13.9. The summed E-state index contributed by atoms with van der Waals surface area (Å²) in [6.07, 6.45) is 3.36. The molecule has 2 aromatic rings. The molecule has 3 heterocycles. The summed E-state index contributed by atoms with van der Waals surface area (Å²) in [7, 11) is 0. The minimum Gasteiger partial charge on any atom is -0.451 e. The Morgan fingerprint density at radius 2 is 2.09 bits per heavy atom. The zero-order valence-corrected chi connectivity index (χ0v) is 12.8. The highest BCUT2D eigenvalue weighted by Crippen LogP contribution is 2.30. The lowest BCUT2D eigenvalue weighted by Gasteiger charge is -2.20. The number of hydrogen-bond acceptors (Lipinski definition) is 3. The van der Waals surface area contributed by atoms with Crippen molar-refractivity contribution in [3.63, 3.8) is 0 Å². The topological polar surface area (TPSA) is 54.3 Å². The average molecular weight is 317 g/mol. The van der Waals surface area contributed by atoms with Gasteiger partial charge in [0.15, 0.2) is 5.76 Å². The van der Waals surface area contributed by atoms with E-state index in [-0.39, 0.29) is 11.9 Å². The Kier molecular flexibility index (Phi) is 3.43. The van der Waals surface area contributed by atoms with Crippen LogP contribution in [0, 0.1) is 0 Å². The maximum Gasteiger partial charge on any atom is 0.287 e. The summed E-state index contributed by atoms with van der Waals surface area (Å²) >= 11 is 6.16. The van der Waals surface area contributed by atoms with Crippen molar-refractivity contribution in [3.05, 3.63) is 47.2 Å². The number of halogens is 1. The molecule has 114 valence electrons. The Morgan fingerprint density at radius 3 is 2.82 bits per heavy atom. The second-order valence-corrected chi connectivity index (χ2v) is 6.41. The summed E-state index contributed by atoms with van der Waals surface area (Å²) in [6.45, 7) is 0. The maximum atomic E-state index is 12.3. The molecule has 2 saturated heterocycles. The minimum atomic E-state index is -0.155. The lowest BCUT2D eigenvalue weighted by molar-refractivity contribution is 0.0903. The third kappa shape index (κ3) is 2.42. The summed E-state index contributed by atoms with van der Waals surface area (Å²) in [5.74, 6) is 0.789. The van der Waals surface area contributed by atoms with Gasteiger partial charge in [-0.2, -0.15) is 0 Å². The SMILES string of the molecule is O=C(NC1CC2CCC1N2)c1ccc(-c2ccccc2Cl)o1. The largest absolute Gasteiger partial charge is 0.451 e. The first-order chi connectivity index (χ1) is 10.7. The molecule has 4 nitrogen and oxygen atoms in total. The van der Waals surface area contributed by atoms with E-state index in [4.69, 9.17) is 16.0 Å². The Bertz CT molecular complexity index is 712. The van der Waals surface area contributed by atoms with Crippen LogP contribution >= 0.6 is 11.6 Å². The van der Waals surface area contributed by atoms with E-state index in [1.807, 2.05) is 18.2 Å². The number of hydrogen-bond donors (Lipinski definition) is 2. The fourth-order valence-corrected chi connectivity index (χ4v) is 3.72. The lowest BCUT2D eigenvalue weighted by Crippen LogP contribution is -2.42. The molecule has 0 aliphatic carbocycles. The summed E-state index contributed by atoms with van der Waals surface area (Å²) in [5.41, 5.74) is 0.796. The van der Waals surface area contributed by atoms with Gasteiger partial charge in [0.1, 0.15) is 5.76 Å². The predicted molar refractivity (Wildman–Crippen MR) is 85.0 cm³/mol. The summed E-state index contributed by atoms with van der Waals surface area (Å²) in [4.78, 5) is 12.3. The molecule has 2 aliphatic rings. The van der Waals surface area contributed by atoms with Crippen LogP contribution in [-0.2, 0) is 0 Å². The van der Waals surface area contributed by atoms with Crippen molar-refractivity contribution >= 4 is 17.5 Å². The Labute approximate surface area is 133 Å². The molecule has 4 rings (SSSR count). The quantitative estimate of drug-likeness (QED) is 0.914. The summed E-state index contributed by atoms with van der Waals surface area (Å²) in [5, 5.41) is 7.20. The molecule has 22 heavy (non-hydrogen) atoms. The number of amides is 1. The van der Waals surface area contributed by atoms with Gasteiger partial charge in [-0.1, -0.05) is 23.7 Å². The van der Waals surface area contributed by atoms with E-state index in [1.54, 1.807) is 18.2 Å². The van der Waals surface area contributed by atoms with Gasteiger partial charge in [0, 0.05) is 23.7 Å². The lowest BCUT2D eigenvalue weighted by atomic mass is 9.95. The first-order valence-electron chi connectivity index (χ1n) is 7.62. The fraction of sp³-hybridized carbons (Fsp3) is 0.353. The van der Waals surface area contributed by atoms with Gasteiger partial charge < -0.3 is 15.1 Å². The molecule has 0 spiro atoms. The molecule has 3 unspecified atom stereocenters. The van der Waals surface area contributed by atoms with E-state index < -0.39 is 0 Å². The van der Waals surface area contributed by atoms with Crippen LogP contribution < -0.4 is 10.6 Å². The molecule has 0 saturated carbocycles. The average Bonchev–Trinajstić information content (AvgIpc) is 3.24. The van der Waals surface area contributed by atoms with E-state index in [0.717, 1.165) is 18.4 Å². The molecular formula is C17H17ClN2O2. The number of rotatable bonds is 3. The number of benzene rings is 1. The number of furan rings is 1. The van der Waals surface area contributed by atoms with Crippen molar-refractivity contribution in [2.45, 2.75) is 37.4 Å². The van der Waals surface area contributed by atoms with E-state index >= 15 is 0 Å². The second-order valence-electron chi connectivity index (χ2n) is 6.01. The van der Waals surface area contributed by atoms with Crippen LogP contribution in [0.2, 0.25) is 5.02 Å². The Morgan fingerprint density at radius 1 is 1.23 bits per heavy atom. The minimum absolute atomic E-state index is 0.155. The molecule has 1 amide bonds. The predicted octanol–water partition coefficient (Wildman–Crippen LogP) is 3.22. The van der Waals surface area contributed by atoms with Crippen molar-refractivity contribution in [2.75, 3.05) is 0 Å². The highest BCUT2D eigenvalue weighted by atomic mass is 35.5. The Hall–Kier alpha value is -1.78. The van der Waals surface area contributed by atoms with Crippen LogP contribution in [0.25, 0.3) is 11.3 Å². The van der Waals surface area contributed by atoms with Crippen LogP contribution in [0.5, 0.6) is 0 Å². The van der Waals surface area contributed by atoms with Crippen molar-refractivity contribution in [1.29, 1.82) is 0 Å². The number of fused-ring (bicyclic) bond motifs is 2. The van der Waals surface area contributed by atoms with E-state index in [1.165, 1.54) is 6.42 Å². The van der Waals surface area contributed by atoms with Gasteiger partial charge in [0.05, 0.1) is 5.02 Å². The number of nitrogens with one attached hydrogen (secondary N) is 2. The monoisotopic (exact) mass is 316 g/mol. The molecular weight excluding hydrogens is 300 g/mol. The Balaban J connectivity index is 1.49. The van der Waals surface area contributed by atoms with E-state index in [0.29, 0.717) is 28.6 Å². The van der Waals surface area contributed by atoms with Crippen LogP contribution in [0.15, 0.2) is 40.8 Å². The molecule has 3 atom stereocenters. The van der Waals surface area contributed by atoms with Gasteiger partial charge in [0.2, 0.25) is 0 Å². The highest BCUT2D eigenvalue weighted by Gasteiger charge is 2.39. The highest BCUT2D eigenvalue weighted by molar-refractivity contribution is 6.33. The van der Waals surface area contributed by atoms with Crippen LogP contribution in [0.4, 0.5) is 0 Å². The molecule has 2 bridgehead atoms. The zero-order chi connectivity index (χ0) is 15.1. The van der Waals surface area contributed by atoms with Crippen LogP contribution in [0.1, 0.15) is 29.8 Å². The van der Waals surface area contributed by atoms with Gasteiger partial charge in [-0.05, 0) is 43.5 Å². The standard InChI is InChI=1S/C17H17ClN2O2/c18-12-4-2-1-3-11(12)15-7-8-16(22-15)17(21)20-14-9-10-5-6-13(14)19-10/h1-4,7-8,10,13-14,19H,5-6,9H2,(H,20,21). The van der Waals surface area contributed by atoms with Crippen molar-refractivity contribution in [1.82, 2.24) is 10.6 Å². The molecule has 2 fully saturated rings. The van der Waals surface area contributed by atoms with Gasteiger partial charge in [-0.3, -0.25) is 4.79 Å². The first-order valence-corrected chi connectivity index (χ1v) is 8.00. The van der Waals surface area contributed by atoms with Gasteiger partial charge in [0.25, 0.3) is 5.91 Å². The number of carbonyl (C=O) groups excluding carboxylic acids is 1. The molecule has 2 N–H and O–H groups in total. The summed E-state index contributed by atoms with van der Waals surface area (Å²) < 4.78 is 5.69. The molecule has 5 heteroatoms. The van der Waals surface area contributed by atoms with Crippen LogP contribution in [-0.4, -0.2) is 24.0 Å². The second kappa shape index (κ2) is 5.45. The van der Waals surface area contributed by atoms with Gasteiger partial charge in [-0.15, -0.1) is 0 Å². The van der Waals surface area contributed by atoms with E-state index in [2.05, 4.69) is 10.6 Å². The van der Waals surface area contributed by atoms with Gasteiger partial charge >= 0.3 is 0 Å². The third-order valence-corrected chi connectivity index (χ3v) is 4.92. The summed E-state index contributed by atoms with van der Waals surface area (Å²) in [6, 6.07) is 12.1. The van der Waals surface area contributed by atoms with Gasteiger partial charge in [-0.25, -0.2) is 0 Å². The van der Waals surface area contributed by atoms with E-state index in [9.17, 15) is 4.79 Å². The normalized spacial score (nSPS) is 26.3. The molecule has 2 aliphatic heterocycles. The van der Waals surface area contributed by atoms with Crippen molar-refractivity contribution in [2.24, 2.45) is 0 Å². The fourth-order valence-electron chi connectivity index (χ4n) is 3.49. The maximum absolute atomic E-state index is 12.3. The van der Waals surface area contributed by atoms with Crippen LogP contribution in [0.3, 0.4) is 0 Å². The van der Waals surface area contributed by atoms with Crippen molar-refractivity contribution < 1.29 is 9.21 Å². The molecule has 1 aromatic carbocycles. The number of carbonyl (C=O) groups is 1. The zero-order valence-electron chi connectivity index (χ0n) is 12.0. The molecule has 0 radical (unpaired) electrons. The molecule has 1 aromatic heterocycles. The smallest absolute Gasteiger partial charge is 0.287 e.